The topological polar surface area (TPSA) is 61.8 Å². The molecule has 0 unspecified atom stereocenters. The van der Waals surface area contributed by atoms with E-state index in [-0.39, 0.29) is 0 Å². The summed E-state index contributed by atoms with van der Waals surface area (Å²) in [6.45, 7) is 8.71. The molecule has 0 amide bonds. The molecule has 0 radical (unpaired) electrons. The van der Waals surface area contributed by atoms with Crippen LogP contribution in [0.5, 0.6) is 17.2 Å². The second-order valence-electron chi connectivity index (χ2n) is 8.25. The van der Waals surface area contributed by atoms with Crippen LogP contribution in [0.1, 0.15) is 25.0 Å². The smallest absolute Gasteiger partial charge is 0.306 e. The highest BCUT2D eigenvalue weighted by molar-refractivity contribution is 7.86. The van der Waals surface area contributed by atoms with E-state index in [0.717, 1.165) is 39.6 Å². The third-order valence-electron chi connectivity index (χ3n) is 5.19. The first-order valence-corrected chi connectivity index (χ1v) is 12.4. The first-order valence-electron chi connectivity index (χ1n) is 10.6. The van der Waals surface area contributed by atoms with Gasteiger partial charge in [-0.15, -0.1) is 0 Å². The first-order chi connectivity index (χ1) is 15.6. The Morgan fingerprint density at radius 3 is 1.97 bits per heavy atom. The lowest BCUT2D eigenvalue weighted by Crippen LogP contribution is -2.05. The van der Waals surface area contributed by atoms with Crippen molar-refractivity contribution in [2.24, 2.45) is 0 Å². The Labute approximate surface area is 196 Å². The molecule has 0 saturated heterocycles. The van der Waals surface area contributed by atoms with Crippen molar-refractivity contribution in [3.8, 4) is 39.5 Å². The Morgan fingerprint density at radius 1 is 0.848 bits per heavy atom. The molecule has 0 aliphatic carbocycles. The maximum Gasteiger partial charge on any atom is 0.306 e. The highest BCUT2D eigenvalue weighted by Gasteiger charge is 2.12. The van der Waals surface area contributed by atoms with Crippen molar-refractivity contribution in [1.82, 2.24) is 0 Å². The number of allylic oxidation sites excluding steroid dienone is 1. The molecule has 33 heavy (non-hydrogen) atoms. The lowest BCUT2D eigenvalue weighted by Gasteiger charge is -2.15. The van der Waals surface area contributed by atoms with Gasteiger partial charge in [-0.25, -0.2) is 0 Å². The number of hydrogen-bond donors (Lipinski definition) is 0. The minimum Gasteiger partial charge on any atom is -0.493 e. The van der Waals surface area contributed by atoms with E-state index in [4.69, 9.17) is 13.7 Å². The third kappa shape index (κ3) is 6.39. The summed E-state index contributed by atoms with van der Waals surface area (Å²) < 4.78 is 39.0. The number of aryl methyl sites for hydroxylation is 2. The summed E-state index contributed by atoms with van der Waals surface area (Å²) in [5.74, 6) is 1.70. The van der Waals surface area contributed by atoms with Crippen LogP contribution in [0.2, 0.25) is 0 Å². The van der Waals surface area contributed by atoms with Crippen molar-refractivity contribution in [1.29, 1.82) is 0 Å². The van der Waals surface area contributed by atoms with Crippen LogP contribution in [-0.2, 0) is 10.1 Å². The molecule has 0 aliphatic rings. The standard InChI is InChI=1S/C27H30O5S/c1-18(2)13-14-31-26-12-9-22(17-27(26)30-5)25-16-19(3)24(15-20(25)4)21-7-10-23(11-8-21)32-33(6,28)29/h7-13,15-17H,14H2,1-6H3. The molecule has 0 bridgehead atoms. The van der Waals surface area contributed by atoms with Gasteiger partial charge in [-0.1, -0.05) is 35.9 Å². The van der Waals surface area contributed by atoms with Crippen molar-refractivity contribution in [3.63, 3.8) is 0 Å². The number of ether oxygens (including phenoxy) is 2. The van der Waals surface area contributed by atoms with Gasteiger partial charge in [0.05, 0.1) is 13.4 Å². The van der Waals surface area contributed by atoms with Crippen molar-refractivity contribution in [3.05, 3.63) is 77.4 Å². The van der Waals surface area contributed by atoms with Crippen molar-refractivity contribution < 1.29 is 22.1 Å². The van der Waals surface area contributed by atoms with Crippen molar-refractivity contribution >= 4 is 10.1 Å². The van der Waals surface area contributed by atoms with Gasteiger partial charge in [0.1, 0.15) is 12.4 Å². The predicted octanol–water partition coefficient (Wildman–Crippen LogP) is 6.33. The Morgan fingerprint density at radius 2 is 1.42 bits per heavy atom. The van der Waals surface area contributed by atoms with Gasteiger partial charge in [0, 0.05) is 0 Å². The summed E-state index contributed by atoms with van der Waals surface area (Å²) in [7, 11) is -1.90. The van der Waals surface area contributed by atoms with Crippen LogP contribution >= 0.6 is 0 Å². The summed E-state index contributed by atoms with van der Waals surface area (Å²) in [5.41, 5.74) is 7.66. The summed E-state index contributed by atoms with van der Waals surface area (Å²) in [6, 6.07) is 17.3. The fraction of sp³-hybridized carbons (Fsp3) is 0.259. The van der Waals surface area contributed by atoms with Crippen molar-refractivity contribution in [2.75, 3.05) is 20.0 Å². The summed E-state index contributed by atoms with van der Waals surface area (Å²) >= 11 is 0. The molecule has 5 nitrogen and oxygen atoms in total. The van der Waals surface area contributed by atoms with E-state index in [1.54, 1.807) is 19.2 Å². The van der Waals surface area contributed by atoms with Gasteiger partial charge in [0.2, 0.25) is 0 Å². The molecule has 0 saturated carbocycles. The molecular weight excluding hydrogens is 436 g/mol. The van der Waals surface area contributed by atoms with Crippen LogP contribution in [0, 0.1) is 13.8 Å². The zero-order valence-corrected chi connectivity index (χ0v) is 20.7. The van der Waals surface area contributed by atoms with E-state index >= 15 is 0 Å². The van der Waals surface area contributed by atoms with Gasteiger partial charge in [0.25, 0.3) is 0 Å². The van der Waals surface area contributed by atoms with E-state index in [2.05, 4.69) is 26.0 Å². The first kappa shape index (κ1) is 24.4. The molecule has 174 valence electrons. The number of benzene rings is 3. The molecule has 3 aromatic carbocycles. The Kier molecular flexibility index (Phi) is 7.49. The number of methoxy groups -OCH3 is 1. The van der Waals surface area contributed by atoms with Crippen LogP contribution in [0.3, 0.4) is 0 Å². The van der Waals surface area contributed by atoms with Crippen LogP contribution in [-0.4, -0.2) is 28.4 Å². The maximum absolute atomic E-state index is 11.3. The van der Waals surface area contributed by atoms with Crippen LogP contribution in [0.25, 0.3) is 22.3 Å². The molecule has 0 fully saturated rings. The average molecular weight is 467 g/mol. The Bertz CT molecular complexity index is 1270. The zero-order valence-electron chi connectivity index (χ0n) is 19.9. The third-order valence-corrected chi connectivity index (χ3v) is 5.68. The van der Waals surface area contributed by atoms with Gasteiger partial charge in [-0.2, -0.15) is 8.42 Å². The van der Waals surface area contributed by atoms with Gasteiger partial charge in [-0.3, -0.25) is 0 Å². The molecule has 0 N–H and O–H groups in total. The molecular formula is C27H30O5S. The maximum atomic E-state index is 11.3. The predicted molar refractivity (Wildman–Crippen MR) is 134 cm³/mol. The molecule has 3 aromatic rings. The second-order valence-corrected chi connectivity index (χ2v) is 9.83. The van der Waals surface area contributed by atoms with Gasteiger partial charge >= 0.3 is 10.1 Å². The monoisotopic (exact) mass is 466 g/mol. The molecule has 3 rings (SSSR count). The van der Waals surface area contributed by atoms with E-state index in [1.165, 1.54) is 5.57 Å². The largest absolute Gasteiger partial charge is 0.493 e. The minimum absolute atomic E-state index is 0.297. The van der Waals surface area contributed by atoms with Gasteiger partial charge < -0.3 is 13.7 Å². The highest BCUT2D eigenvalue weighted by atomic mass is 32.2. The molecule has 0 heterocycles. The van der Waals surface area contributed by atoms with Crippen LogP contribution < -0.4 is 13.7 Å². The fourth-order valence-corrected chi connectivity index (χ4v) is 4.02. The highest BCUT2D eigenvalue weighted by Crippen LogP contribution is 2.37. The van der Waals surface area contributed by atoms with E-state index in [9.17, 15) is 8.42 Å². The quantitative estimate of drug-likeness (QED) is 0.287. The van der Waals surface area contributed by atoms with E-state index in [0.29, 0.717) is 23.9 Å². The fourth-order valence-electron chi connectivity index (χ4n) is 3.56. The summed E-state index contributed by atoms with van der Waals surface area (Å²) in [6.07, 6.45) is 3.06. The Hall–Kier alpha value is -3.25. The van der Waals surface area contributed by atoms with Crippen molar-refractivity contribution in [2.45, 2.75) is 27.7 Å². The van der Waals surface area contributed by atoms with Crippen LogP contribution in [0.15, 0.2) is 66.2 Å². The van der Waals surface area contributed by atoms with Gasteiger partial charge in [0.15, 0.2) is 11.5 Å². The lowest BCUT2D eigenvalue weighted by molar-refractivity contribution is 0.326. The summed E-state index contributed by atoms with van der Waals surface area (Å²) in [5, 5.41) is 0. The lowest BCUT2D eigenvalue weighted by atomic mass is 9.92. The molecule has 0 spiro atoms. The SMILES string of the molecule is COc1cc(-c2cc(C)c(-c3ccc(OS(C)(=O)=O)cc3)cc2C)ccc1OCC=C(C)C. The second kappa shape index (κ2) is 10.1. The molecule has 0 atom stereocenters. The molecule has 6 heteroatoms. The average Bonchev–Trinajstić information content (AvgIpc) is 2.74. The number of hydrogen-bond acceptors (Lipinski definition) is 5. The molecule has 0 aromatic heterocycles. The van der Waals surface area contributed by atoms with E-state index < -0.39 is 10.1 Å². The number of rotatable bonds is 8. The van der Waals surface area contributed by atoms with Crippen LogP contribution in [0.4, 0.5) is 0 Å². The zero-order chi connectivity index (χ0) is 24.2. The summed E-state index contributed by atoms with van der Waals surface area (Å²) in [4.78, 5) is 0. The van der Waals surface area contributed by atoms with E-state index in [1.807, 2.05) is 50.3 Å². The normalized spacial score (nSPS) is 11.1. The minimum atomic E-state index is -3.55. The molecule has 0 aliphatic heterocycles. The van der Waals surface area contributed by atoms with Gasteiger partial charge in [-0.05, 0) is 91.4 Å². The Balaban J connectivity index is 1.90.